The highest BCUT2D eigenvalue weighted by atomic mass is 32.2. The first-order valence-electron chi connectivity index (χ1n) is 5.60. The lowest BCUT2D eigenvalue weighted by Gasteiger charge is -2.07. The third-order valence-electron chi connectivity index (χ3n) is 2.17. The smallest absolute Gasteiger partial charge is 0.233 e. The Morgan fingerprint density at radius 2 is 1.90 bits per heavy atom. The molecule has 0 bridgehead atoms. The Morgan fingerprint density at radius 3 is 2.50 bits per heavy atom. The zero-order chi connectivity index (χ0) is 15.2. The summed E-state index contributed by atoms with van der Waals surface area (Å²) in [6.45, 7) is -0.287. The lowest BCUT2D eigenvalue weighted by molar-refractivity contribution is 0.350. The van der Waals surface area contributed by atoms with Crippen LogP contribution in [-0.4, -0.2) is 46.3 Å². The van der Waals surface area contributed by atoms with Gasteiger partial charge in [0.05, 0.1) is 11.5 Å². The van der Waals surface area contributed by atoms with Gasteiger partial charge in [-0.25, -0.2) is 16.8 Å². The predicted octanol–water partition coefficient (Wildman–Crippen LogP) is -0.183. The normalized spacial score (nSPS) is 11.5. The highest BCUT2D eigenvalue weighted by molar-refractivity contribution is 7.95. The van der Waals surface area contributed by atoms with E-state index < -0.39 is 31.4 Å². The number of benzene rings is 1. The number of sulfonamides is 1. The van der Waals surface area contributed by atoms with Crippen molar-refractivity contribution in [1.82, 2.24) is 0 Å². The van der Waals surface area contributed by atoms with Crippen molar-refractivity contribution in [2.75, 3.05) is 29.1 Å². The molecule has 0 saturated carbocycles. The molecule has 110 valence electrons. The van der Waals surface area contributed by atoms with Crippen molar-refractivity contribution >= 4 is 25.5 Å². The van der Waals surface area contributed by atoms with Gasteiger partial charge in [0.15, 0.2) is 0 Å². The standard InChI is InChI=1S/C12H15NO5S2/c1-19(15,16)8-9-20(17,18)13-12-6-2-4-11(10-12)5-3-7-14/h2,4,6,10,13-14H,7-9H2,1H3. The molecule has 0 fully saturated rings. The fourth-order valence-corrected chi connectivity index (χ4v) is 3.97. The third kappa shape index (κ3) is 6.56. The first kappa shape index (κ1) is 16.5. The summed E-state index contributed by atoms with van der Waals surface area (Å²) in [5, 5.41) is 8.59. The lowest BCUT2D eigenvalue weighted by atomic mass is 10.2. The van der Waals surface area contributed by atoms with Crippen molar-refractivity contribution < 1.29 is 21.9 Å². The van der Waals surface area contributed by atoms with Gasteiger partial charge >= 0.3 is 0 Å². The number of aliphatic hydroxyl groups is 1. The fraction of sp³-hybridized carbons (Fsp3) is 0.333. The maximum Gasteiger partial charge on any atom is 0.233 e. The van der Waals surface area contributed by atoms with Crippen LogP contribution in [-0.2, 0) is 19.9 Å². The van der Waals surface area contributed by atoms with E-state index in [0.29, 0.717) is 11.3 Å². The Bertz CT molecular complexity index is 727. The number of sulfone groups is 1. The summed E-state index contributed by atoms with van der Waals surface area (Å²) in [7, 11) is -7.07. The van der Waals surface area contributed by atoms with Gasteiger partial charge in [-0.3, -0.25) is 4.72 Å². The highest BCUT2D eigenvalue weighted by Gasteiger charge is 2.14. The summed E-state index contributed by atoms with van der Waals surface area (Å²) >= 11 is 0. The SMILES string of the molecule is CS(=O)(=O)CCS(=O)(=O)Nc1cccc(C#CCO)c1. The molecule has 0 unspecified atom stereocenters. The van der Waals surface area contributed by atoms with Gasteiger partial charge in [0.2, 0.25) is 10.0 Å². The van der Waals surface area contributed by atoms with Gasteiger partial charge in [0, 0.05) is 17.5 Å². The maximum atomic E-state index is 11.7. The zero-order valence-corrected chi connectivity index (χ0v) is 12.5. The van der Waals surface area contributed by atoms with E-state index in [1.807, 2.05) is 0 Å². The van der Waals surface area contributed by atoms with Crippen LogP contribution in [0.4, 0.5) is 5.69 Å². The van der Waals surface area contributed by atoms with Gasteiger partial charge in [-0.05, 0) is 18.2 Å². The van der Waals surface area contributed by atoms with Gasteiger partial charge in [0.25, 0.3) is 0 Å². The van der Waals surface area contributed by atoms with Crippen LogP contribution < -0.4 is 4.72 Å². The monoisotopic (exact) mass is 317 g/mol. The van der Waals surface area contributed by atoms with Crippen molar-refractivity contribution in [2.24, 2.45) is 0 Å². The molecular weight excluding hydrogens is 302 g/mol. The Kier molecular flexibility index (Phi) is 5.56. The molecule has 0 saturated heterocycles. The number of hydrogen-bond acceptors (Lipinski definition) is 5. The quantitative estimate of drug-likeness (QED) is 0.734. The van der Waals surface area contributed by atoms with Gasteiger partial charge in [0.1, 0.15) is 16.4 Å². The van der Waals surface area contributed by atoms with Crippen molar-refractivity contribution in [3.05, 3.63) is 29.8 Å². The van der Waals surface area contributed by atoms with Crippen molar-refractivity contribution in [3.8, 4) is 11.8 Å². The zero-order valence-electron chi connectivity index (χ0n) is 10.8. The topological polar surface area (TPSA) is 101 Å². The summed E-state index contributed by atoms with van der Waals surface area (Å²) in [4.78, 5) is 0. The largest absolute Gasteiger partial charge is 0.384 e. The molecule has 1 aromatic carbocycles. The van der Waals surface area contributed by atoms with Crippen LogP contribution in [0.15, 0.2) is 24.3 Å². The lowest BCUT2D eigenvalue weighted by Crippen LogP contribution is -2.22. The van der Waals surface area contributed by atoms with Gasteiger partial charge < -0.3 is 5.11 Å². The summed E-state index contributed by atoms with van der Waals surface area (Å²) in [5.74, 6) is 4.15. The summed E-state index contributed by atoms with van der Waals surface area (Å²) in [6.07, 6.45) is 0.980. The van der Waals surface area contributed by atoms with Crippen LogP contribution in [0.2, 0.25) is 0 Å². The highest BCUT2D eigenvalue weighted by Crippen LogP contribution is 2.12. The number of anilines is 1. The van der Waals surface area contributed by atoms with Crippen LogP contribution in [0.3, 0.4) is 0 Å². The number of aliphatic hydroxyl groups excluding tert-OH is 1. The minimum Gasteiger partial charge on any atom is -0.384 e. The first-order chi connectivity index (χ1) is 9.22. The molecule has 0 aliphatic heterocycles. The second kappa shape index (κ2) is 6.74. The van der Waals surface area contributed by atoms with Gasteiger partial charge in [-0.1, -0.05) is 17.9 Å². The third-order valence-corrected chi connectivity index (χ3v) is 4.66. The van der Waals surface area contributed by atoms with Gasteiger partial charge in [-0.2, -0.15) is 0 Å². The van der Waals surface area contributed by atoms with Crippen LogP contribution in [0.1, 0.15) is 5.56 Å². The summed E-state index contributed by atoms with van der Waals surface area (Å²) in [6, 6.07) is 6.30. The molecule has 8 heteroatoms. The Labute approximate surface area is 118 Å². The van der Waals surface area contributed by atoms with E-state index in [4.69, 9.17) is 5.11 Å². The van der Waals surface area contributed by atoms with E-state index >= 15 is 0 Å². The molecule has 6 nitrogen and oxygen atoms in total. The second-order valence-electron chi connectivity index (χ2n) is 4.09. The summed E-state index contributed by atoms with van der Waals surface area (Å²) in [5.41, 5.74) is 0.839. The Morgan fingerprint density at radius 1 is 1.20 bits per heavy atom. The number of rotatable bonds is 5. The minimum absolute atomic E-state index is 0.287. The molecule has 1 aromatic rings. The molecule has 0 radical (unpaired) electrons. The minimum atomic E-state index is -3.73. The molecule has 0 amide bonds. The predicted molar refractivity (Wildman–Crippen MR) is 77.5 cm³/mol. The molecule has 2 N–H and O–H groups in total. The van der Waals surface area contributed by atoms with Crippen LogP contribution in [0.5, 0.6) is 0 Å². The average molecular weight is 317 g/mol. The van der Waals surface area contributed by atoms with E-state index in [1.54, 1.807) is 12.1 Å². The van der Waals surface area contributed by atoms with E-state index in [2.05, 4.69) is 16.6 Å². The van der Waals surface area contributed by atoms with Crippen LogP contribution in [0, 0.1) is 11.8 Å². The second-order valence-corrected chi connectivity index (χ2v) is 8.19. The average Bonchev–Trinajstić information content (AvgIpc) is 2.33. The molecule has 0 aliphatic carbocycles. The van der Waals surface area contributed by atoms with E-state index in [9.17, 15) is 16.8 Å². The molecule has 0 aliphatic rings. The van der Waals surface area contributed by atoms with E-state index in [0.717, 1.165) is 6.26 Å². The van der Waals surface area contributed by atoms with Crippen LogP contribution in [0.25, 0.3) is 0 Å². The van der Waals surface area contributed by atoms with Crippen molar-refractivity contribution in [3.63, 3.8) is 0 Å². The number of hydrogen-bond donors (Lipinski definition) is 2. The molecule has 0 heterocycles. The fourth-order valence-electron chi connectivity index (χ4n) is 1.29. The Balaban J connectivity index is 2.82. The molecule has 0 aromatic heterocycles. The molecule has 0 spiro atoms. The van der Waals surface area contributed by atoms with Crippen molar-refractivity contribution in [2.45, 2.75) is 0 Å². The summed E-state index contributed by atoms with van der Waals surface area (Å²) < 4.78 is 47.7. The molecule has 1 rings (SSSR count). The van der Waals surface area contributed by atoms with Crippen LogP contribution >= 0.6 is 0 Å². The molecule has 0 atom stereocenters. The maximum absolute atomic E-state index is 11.7. The molecular formula is C12H15NO5S2. The number of nitrogens with one attached hydrogen (secondary N) is 1. The molecule has 20 heavy (non-hydrogen) atoms. The van der Waals surface area contributed by atoms with E-state index in [1.165, 1.54) is 12.1 Å². The van der Waals surface area contributed by atoms with E-state index in [-0.39, 0.29) is 6.61 Å². The Hall–Kier alpha value is -1.56. The van der Waals surface area contributed by atoms with Gasteiger partial charge in [-0.15, -0.1) is 0 Å². The van der Waals surface area contributed by atoms with Crippen molar-refractivity contribution in [1.29, 1.82) is 0 Å². The first-order valence-corrected chi connectivity index (χ1v) is 9.31.